The van der Waals surface area contributed by atoms with Gasteiger partial charge in [0.2, 0.25) is 5.91 Å². The third-order valence-electron chi connectivity index (χ3n) is 3.85. The second-order valence-electron chi connectivity index (χ2n) is 5.63. The number of nitrogens with zero attached hydrogens (tertiary/aromatic N) is 1. The van der Waals surface area contributed by atoms with E-state index in [1.807, 2.05) is 43.3 Å². The fourth-order valence-electron chi connectivity index (χ4n) is 2.51. The van der Waals surface area contributed by atoms with Gasteiger partial charge in [-0.3, -0.25) is 9.78 Å². The summed E-state index contributed by atoms with van der Waals surface area (Å²) in [5, 5.41) is 6.20. The number of ether oxygens (including phenoxy) is 1. The van der Waals surface area contributed by atoms with Crippen molar-refractivity contribution in [2.24, 2.45) is 0 Å². The molecule has 1 saturated heterocycles. The van der Waals surface area contributed by atoms with Crippen molar-refractivity contribution in [2.75, 3.05) is 11.9 Å². The third-order valence-corrected chi connectivity index (χ3v) is 3.85. The minimum atomic E-state index is -0.467. The van der Waals surface area contributed by atoms with E-state index in [0.29, 0.717) is 11.5 Å². The molecule has 1 aliphatic heterocycles. The lowest BCUT2D eigenvalue weighted by atomic mass is 9.99. The van der Waals surface area contributed by atoms with E-state index < -0.39 is 5.54 Å². The first-order chi connectivity index (χ1) is 10.7. The van der Waals surface area contributed by atoms with E-state index >= 15 is 0 Å². The monoisotopic (exact) mass is 333 g/mol. The molecule has 1 aliphatic rings. The van der Waals surface area contributed by atoms with Crippen LogP contribution in [0.1, 0.15) is 19.8 Å². The highest BCUT2D eigenvalue weighted by molar-refractivity contribution is 5.98. The minimum absolute atomic E-state index is 0. The molecule has 0 aliphatic carbocycles. The van der Waals surface area contributed by atoms with Gasteiger partial charge in [0, 0.05) is 11.9 Å². The van der Waals surface area contributed by atoms with E-state index in [9.17, 15) is 4.79 Å². The number of benzene rings is 1. The van der Waals surface area contributed by atoms with E-state index in [1.54, 1.807) is 12.4 Å². The molecule has 2 heterocycles. The lowest BCUT2D eigenvalue weighted by Gasteiger charge is -2.23. The highest BCUT2D eigenvalue weighted by Gasteiger charge is 2.35. The Balaban J connectivity index is 0.00000192. The molecule has 1 aromatic heterocycles. The molecular formula is C17H20ClN3O2. The number of nitrogens with one attached hydrogen (secondary N) is 2. The van der Waals surface area contributed by atoms with Gasteiger partial charge in [0.25, 0.3) is 0 Å². The Labute approximate surface area is 141 Å². The first-order valence-corrected chi connectivity index (χ1v) is 7.40. The number of hydrogen-bond donors (Lipinski definition) is 2. The summed E-state index contributed by atoms with van der Waals surface area (Å²) in [6.45, 7) is 2.83. The number of anilines is 1. The molecule has 6 heteroatoms. The average molecular weight is 334 g/mol. The van der Waals surface area contributed by atoms with Crippen molar-refractivity contribution in [2.45, 2.75) is 25.3 Å². The van der Waals surface area contributed by atoms with E-state index in [1.165, 1.54) is 0 Å². The number of hydrogen-bond acceptors (Lipinski definition) is 4. The first kappa shape index (κ1) is 17.2. The Morgan fingerprint density at radius 3 is 2.65 bits per heavy atom. The van der Waals surface area contributed by atoms with Gasteiger partial charge >= 0.3 is 0 Å². The maximum atomic E-state index is 12.3. The van der Waals surface area contributed by atoms with Crippen LogP contribution in [0.5, 0.6) is 11.5 Å². The molecule has 1 aromatic carbocycles. The van der Waals surface area contributed by atoms with Crippen molar-refractivity contribution < 1.29 is 9.53 Å². The number of pyridine rings is 1. The zero-order chi connectivity index (χ0) is 15.4. The van der Waals surface area contributed by atoms with Gasteiger partial charge in [-0.05, 0) is 62.7 Å². The van der Waals surface area contributed by atoms with Crippen LogP contribution in [0.15, 0.2) is 48.8 Å². The van der Waals surface area contributed by atoms with Crippen molar-refractivity contribution in [3.8, 4) is 11.5 Å². The number of carbonyl (C=O) groups excluding carboxylic acids is 1. The predicted molar refractivity (Wildman–Crippen MR) is 92.3 cm³/mol. The Bertz CT molecular complexity index is 641. The molecule has 2 aromatic rings. The summed E-state index contributed by atoms with van der Waals surface area (Å²) in [7, 11) is 0. The van der Waals surface area contributed by atoms with Crippen LogP contribution >= 0.6 is 12.4 Å². The fourth-order valence-corrected chi connectivity index (χ4v) is 2.51. The average Bonchev–Trinajstić information content (AvgIpc) is 2.98. The summed E-state index contributed by atoms with van der Waals surface area (Å²) in [6.07, 6.45) is 5.24. The molecule has 0 spiro atoms. The maximum absolute atomic E-state index is 12.3. The molecule has 5 nitrogen and oxygen atoms in total. The Morgan fingerprint density at radius 2 is 2.04 bits per heavy atom. The van der Waals surface area contributed by atoms with Crippen LogP contribution in [0.2, 0.25) is 0 Å². The normalized spacial score (nSPS) is 19.7. The van der Waals surface area contributed by atoms with Crippen LogP contribution in [-0.2, 0) is 4.79 Å². The summed E-state index contributed by atoms with van der Waals surface area (Å²) >= 11 is 0. The van der Waals surface area contributed by atoms with Crippen molar-refractivity contribution >= 4 is 24.0 Å². The van der Waals surface area contributed by atoms with Gasteiger partial charge in [-0.2, -0.15) is 0 Å². The van der Waals surface area contributed by atoms with Crippen molar-refractivity contribution in [1.29, 1.82) is 0 Å². The second-order valence-corrected chi connectivity index (χ2v) is 5.63. The number of aromatic nitrogens is 1. The standard InChI is InChI=1S/C17H19N3O2.ClH/c1-17(9-3-11-19-17)16(21)20-13-5-7-14(8-6-13)22-15-4-2-10-18-12-15;/h2,4-8,10,12,19H,3,9,11H2,1H3,(H,20,21);1H/t17-;/m1./s1. The van der Waals surface area contributed by atoms with E-state index in [4.69, 9.17) is 4.74 Å². The molecule has 0 unspecified atom stereocenters. The predicted octanol–water partition coefficient (Wildman–Crippen LogP) is 3.38. The quantitative estimate of drug-likeness (QED) is 0.900. The second kappa shape index (κ2) is 7.44. The van der Waals surface area contributed by atoms with Gasteiger partial charge in [0.15, 0.2) is 0 Å². The summed E-state index contributed by atoms with van der Waals surface area (Å²) in [5.41, 5.74) is 0.295. The number of amides is 1. The van der Waals surface area contributed by atoms with Crippen molar-refractivity contribution in [3.05, 3.63) is 48.8 Å². The van der Waals surface area contributed by atoms with Crippen LogP contribution in [0.4, 0.5) is 5.69 Å². The summed E-state index contributed by atoms with van der Waals surface area (Å²) in [4.78, 5) is 16.3. The number of carbonyl (C=O) groups is 1. The van der Waals surface area contributed by atoms with Gasteiger partial charge in [-0.1, -0.05) is 0 Å². The zero-order valence-corrected chi connectivity index (χ0v) is 13.7. The van der Waals surface area contributed by atoms with Crippen LogP contribution in [0.3, 0.4) is 0 Å². The molecule has 2 N–H and O–H groups in total. The molecule has 1 fully saturated rings. The van der Waals surface area contributed by atoms with Crippen molar-refractivity contribution in [3.63, 3.8) is 0 Å². The van der Waals surface area contributed by atoms with Crippen LogP contribution in [0.25, 0.3) is 0 Å². The lowest BCUT2D eigenvalue weighted by Crippen LogP contribution is -2.47. The number of rotatable bonds is 4. The highest BCUT2D eigenvalue weighted by atomic mass is 35.5. The van der Waals surface area contributed by atoms with Gasteiger partial charge in [0.05, 0.1) is 11.7 Å². The lowest BCUT2D eigenvalue weighted by molar-refractivity contribution is -0.121. The third kappa shape index (κ3) is 4.21. The molecule has 0 radical (unpaired) electrons. The summed E-state index contributed by atoms with van der Waals surface area (Å²) < 4.78 is 5.67. The topological polar surface area (TPSA) is 63.2 Å². The Hall–Kier alpha value is -2.11. The Morgan fingerprint density at radius 1 is 1.26 bits per heavy atom. The molecule has 1 amide bonds. The van der Waals surface area contributed by atoms with Gasteiger partial charge in [0.1, 0.15) is 11.5 Å². The van der Waals surface area contributed by atoms with Crippen LogP contribution in [0, 0.1) is 0 Å². The zero-order valence-electron chi connectivity index (χ0n) is 12.9. The highest BCUT2D eigenvalue weighted by Crippen LogP contribution is 2.24. The fraction of sp³-hybridized carbons (Fsp3) is 0.294. The van der Waals surface area contributed by atoms with E-state index in [-0.39, 0.29) is 18.3 Å². The largest absolute Gasteiger partial charge is 0.456 e. The van der Waals surface area contributed by atoms with Gasteiger partial charge in [-0.15, -0.1) is 12.4 Å². The molecule has 122 valence electrons. The van der Waals surface area contributed by atoms with Gasteiger partial charge < -0.3 is 15.4 Å². The van der Waals surface area contributed by atoms with Crippen molar-refractivity contribution in [1.82, 2.24) is 10.3 Å². The maximum Gasteiger partial charge on any atom is 0.244 e. The van der Waals surface area contributed by atoms with E-state index in [2.05, 4.69) is 15.6 Å². The van der Waals surface area contributed by atoms with Gasteiger partial charge in [-0.25, -0.2) is 0 Å². The first-order valence-electron chi connectivity index (χ1n) is 7.40. The molecule has 23 heavy (non-hydrogen) atoms. The van der Waals surface area contributed by atoms with Crippen LogP contribution in [-0.4, -0.2) is 23.0 Å². The molecule has 0 bridgehead atoms. The number of halogens is 1. The Kier molecular flexibility index (Phi) is 5.58. The smallest absolute Gasteiger partial charge is 0.244 e. The molecule has 1 atom stereocenters. The molecule has 0 saturated carbocycles. The summed E-state index contributed by atoms with van der Waals surface area (Å²) in [5.74, 6) is 1.39. The molecule has 3 rings (SSSR count). The summed E-state index contributed by atoms with van der Waals surface area (Å²) in [6, 6.07) is 11.0. The van der Waals surface area contributed by atoms with E-state index in [0.717, 1.165) is 25.1 Å². The minimum Gasteiger partial charge on any atom is -0.456 e. The molecular weight excluding hydrogens is 314 g/mol. The SMILES string of the molecule is C[C@]1(C(=O)Nc2ccc(Oc3cccnc3)cc2)CCCN1.Cl. The van der Waals surface area contributed by atoms with Crippen LogP contribution < -0.4 is 15.4 Å².